The van der Waals surface area contributed by atoms with Gasteiger partial charge in [-0.3, -0.25) is 4.79 Å². The highest BCUT2D eigenvalue weighted by atomic mass is 19.4. The van der Waals surface area contributed by atoms with E-state index in [0.717, 1.165) is 44.4 Å². The summed E-state index contributed by atoms with van der Waals surface area (Å²) in [6.45, 7) is 5.32. The van der Waals surface area contributed by atoms with E-state index in [-0.39, 0.29) is 35.3 Å². The van der Waals surface area contributed by atoms with Gasteiger partial charge in [-0.05, 0) is 74.0 Å². The van der Waals surface area contributed by atoms with E-state index in [2.05, 4.69) is 25.2 Å². The molecule has 8 atom stereocenters. The van der Waals surface area contributed by atoms with E-state index in [4.69, 9.17) is 10.1 Å². The molecule has 0 aromatic carbocycles. The Kier molecular flexibility index (Phi) is 5.58. The predicted molar refractivity (Wildman–Crippen MR) is 120 cm³/mol. The van der Waals surface area contributed by atoms with Crippen LogP contribution in [0.25, 0.3) is 0 Å². The summed E-state index contributed by atoms with van der Waals surface area (Å²) in [4.78, 5) is 13.1. The topological polar surface area (TPSA) is 62.2 Å². The number of Topliss-reactive ketones (excluding diaryl/α,β-unsaturated/α-hetero) is 1. The van der Waals surface area contributed by atoms with Crippen LogP contribution >= 0.6 is 0 Å². The van der Waals surface area contributed by atoms with Gasteiger partial charge in [-0.1, -0.05) is 25.5 Å². The number of alkyl halides is 3. The molecule has 8 unspecified atom stereocenters. The largest absolute Gasteiger partial charge is 0.419 e. The summed E-state index contributed by atoms with van der Waals surface area (Å²) < 4.78 is 44.9. The van der Waals surface area contributed by atoms with Crippen LogP contribution in [0.4, 0.5) is 13.2 Å². The van der Waals surface area contributed by atoms with Gasteiger partial charge in [0.25, 0.3) is 0 Å². The van der Waals surface area contributed by atoms with Gasteiger partial charge in [0.05, 0.1) is 24.8 Å². The van der Waals surface area contributed by atoms with Crippen molar-refractivity contribution in [1.29, 1.82) is 5.41 Å². The number of ether oxygens (including phenoxy) is 1. The predicted octanol–water partition coefficient (Wildman–Crippen LogP) is 5.44. The van der Waals surface area contributed by atoms with Gasteiger partial charge in [0.2, 0.25) is 0 Å². The second-order valence-corrected chi connectivity index (χ2v) is 11.5. The van der Waals surface area contributed by atoms with Crippen molar-refractivity contribution in [2.24, 2.45) is 40.4 Å². The molecular formula is C26H35F3N2O2. The Morgan fingerprint density at radius 2 is 2.06 bits per heavy atom. The van der Waals surface area contributed by atoms with Gasteiger partial charge in [0.15, 0.2) is 5.78 Å². The van der Waals surface area contributed by atoms with Gasteiger partial charge in [-0.25, -0.2) is 0 Å². The summed E-state index contributed by atoms with van der Waals surface area (Å²) in [7, 11) is 0. The summed E-state index contributed by atoms with van der Waals surface area (Å²) in [5.74, 6) is 2.16. The Morgan fingerprint density at radius 3 is 2.79 bits per heavy atom. The smallest absolute Gasteiger partial charge is 0.383 e. The average molecular weight is 465 g/mol. The maximum Gasteiger partial charge on any atom is 0.419 e. The van der Waals surface area contributed by atoms with E-state index in [1.54, 1.807) is 5.57 Å². The van der Waals surface area contributed by atoms with Crippen molar-refractivity contribution in [3.05, 3.63) is 23.4 Å². The molecule has 0 spiro atoms. The minimum absolute atomic E-state index is 0.0165. The molecule has 0 amide bonds. The Bertz CT molecular complexity index is 896. The van der Waals surface area contributed by atoms with Crippen molar-refractivity contribution < 1.29 is 22.7 Å². The first-order valence-electron chi connectivity index (χ1n) is 12.5. The van der Waals surface area contributed by atoms with Crippen LogP contribution in [0.2, 0.25) is 0 Å². The lowest BCUT2D eigenvalue weighted by molar-refractivity contribution is -0.126. The van der Waals surface area contributed by atoms with Gasteiger partial charge in [0.1, 0.15) is 0 Å². The molecule has 1 heterocycles. The highest BCUT2D eigenvalue weighted by Gasteiger charge is 2.64. The zero-order chi connectivity index (χ0) is 23.6. The number of fused-ring (bicyclic) bond motifs is 3. The van der Waals surface area contributed by atoms with Crippen LogP contribution in [0.15, 0.2) is 23.4 Å². The molecule has 33 heavy (non-hydrogen) atoms. The lowest BCUT2D eigenvalue weighted by atomic mass is 9.48. The number of hydrogen-bond acceptors (Lipinski definition) is 4. The fourth-order valence-electron chi connectivity index (χ4n) is 8.35. The van der Waals surface area contributed by atoms with Crippen molar-refractivity contribution in [1.82, 2.24) is 5.32 Å². The van der Waals surface area contributed by atoms with Crippen molar-refractivity contribution in [2.75, 3.05) is 13.2 Å². The normalized spacial score (nSPS) is 44.4. The highest BCUT2D eigenvalue weighted by molar-refractivity contribution is 5.84. The number of ketones is 1. The summed E-state index contributed by atoms with van der Waals surface area (Å²) in [6, 6.07) is 0. The number of allylic oxidation sites excluding steroid dienone is 2. The molecule has 5 aliphatic rings. The summed E-state index contributed by atoms with van der Waals surface area (Å²) in [6.07, 6.45) is 6.68. The van der Waals surface area contributed by atoms with Crippen molar-refractivity contribution in [2.45, 2.75) is 71.1 Å². The molecule has 4 aliphatic carbocycles. The molecule has 1 aliphatic heterocycles. The minimum atomic E-state index is -4.59. The van der Waals surface area contributed by atoms with Gasteiger partial charge in [-0.2, -0.15) is 13.2 Å². The first kappa shape index (κ1) is 23.1. The summed E-state index contributed by atoms with van der Waals surface area (Å²) >= 11 is 0. The van der Waals surface area contributed by atoms with Gasteiger partial charge >= 0.3 is 6.18 Å². The van der Waals surface area contributed by atoms with E-state index in [1.807, 2.05) is 0 Å². The summed E-state index contributed by atoms with van der Waals surface area (Å²) in [5, 5.41) is 9.50. The van der Waals surface area contributed by atoms with Crippen LogP contribution in [0.3, 0.4) is 0 Å². The number of rotatable bonds is 5. The molecule has 0 aromatic heterocycles. The molecule has 0 aromatic rings. The Labute approximate surface area is 193 Å². The van der Waals surface area contributed by atoms with Gasteiger partial charge < -0.3 is 15.5 Å². The molecule has 7 heteroatoms. The number of carbonyl (C=O) groups is 1. The van der Waals surface area contributed by atoms with Crippen LogP contribution in [0.5, 0.6) is 0 Å². The third-order valence-electron chi connectivity index (χ3n) is 9.98. The van der Waals surface area contributed by atoms with E-state index in [0.29, 0.717) is 23.9 Å². The maximum atomic E-state index is 13.1. The zero-order valence-electron chi connectivity index (χ0n) is 19.5. The summed E-state index contributed by atoms with van der Waals surface area (Å²) in [5.41, 5.74) is 0.599. The Morgan fingerprint density at radius 1 is 1.27 bits per heavy atom. The lowest BCUT2D eigenvalue weighted by Crippen LogP contribution is -2.51. The third kappa shape index (κ3) is 3.52. The van der Waals surface area contributed by atoms with Gasteiger partial charge in [0, 0.05) is 23.7 Å². The Hall–Kier alpha value is -1.63. The molecule has 182 valence electrons. The van der Waals surface area contributed by atoms with Gasteiger partial charge in [-0.15, -0.1) is 0 Å². The average Bonchev–Trinajstić information content (AvgIpc) is 3.24. The first-order valence-corrected chi connectivity index (χ1v) is 12.5. The second kappa shape index (κ2) is 7.96. The van der Waals surface area contributed by atoms with Crippen molar-refractivity contribution in [3.8, 4) is 0 Å². The zero-order valence-corrected chi connectivity index (χ0v) is 19.5. The molecule has 4 nitrogen and oxygen atoms in total. The molecule has 1 saturated heterocycles. The number of carbonyl (C=O) groups excluding carboxylic acids is 1. The molecule has 0 radical (unpaired) electrons. The van der Waals surface area contributed by atoms with E-state index >= 15 is 0 Å². The molecule has 3 saturated carbocycles. The SMILES string of the molecule is CC1CCC23COC(CC4C2=CCC2(C)C(C(=O)CN/C=C(\C=N)C(F)(F)F)CCC42)C3C1. The maximum absolute atomic E-state index is 13.1. The Balaban J connectivity index is 1.33. The number of halogens is 3. The van der Waals surface area contributed by atoms with Crippen LogP contribution < -0.4 is 5.32 Å². The van der Waals surface area contributed by atoms with Crippen molar-refractivity contribution in [3.63, 3.8) is 0 Å². The molecule has 5 rings (SSSR count). The van der Waals surface area contributed by atoms with E-state index in [1.165, 1.54) is 19.3 Å². The van der Waals surface area contributed by atoms with E-state index in [9.17, 15) is 18.0 Å². The molecule has 2 N–H and O–H groups in total. The standard InChI is InChI=1S/C26H35F3N2O2/c1-15-5-8-25-14-33-23(21(25)9-15)10-17-18-3-4-20(24(18,2)7-6-19(17)25)22(32)13-31-12-16(11-30)26(27,28)29/h6,11-12,15,17-18,20-21,23,30-31H,3-5,7-10,13-14H2,1-2H3/b16-12+,30-11?. The fraction of sp³-hybridized carbons (Fsp3) is 0.769. The van der Waals surface area contributed by atoms with E-state index < -0.39 is 11.7 Å². The first-order chi connectivity index (χ1) is 15.6. The van der Waals surface area contributed by atoms with Crippen LogP contribution in [0.1, 0.15) is 58.8 Å². The molecular weight excluding hydrogens is 429 g/mol. The van der Waals surface area contributed by atoms with Crippen molar-refractivity contribution >= 4 is 12.0 Å². The van der Waals surface area contributed by atoms with Crippen LogP contribution in [-0.4, -0.2) is 37.4 Å². The number of nitrogens with one attached hydrogen (secondary N) is 2. The van der Waals surface area contributed by atoms with Crippen LogP contribution in [0, 0.1) is 45.8 Å². The molecule has 2 bridgehead atoms. The third-order valence-corrected chi connectivity index (χ3v) is 9.98. The number of hydrogen-bond donors (Lipinski definition) is 2. The molecule has 4 fully saturated rings. The lowest BCUT2D eigenvalue weighted by Gasteiger charge is -2.55. The highest BCUT2D eigenvalue weighted by Crippen LogP contribution is 2.68. The second-order valence-electron chi connectivity index (χ2n) is 11.5. The monoisotopic (exact) mass is 464 g/mol. The fourth-order valence-corrected chi connectivity index (χ4v) is 8.35. The van der Waals surface area contributed by atoms with Crippen LogP contribution in [-0.2, 0) is 9.53 Å². The quantitative estimate of drug-likeness (QED) is 0.420. The minimum Gasteiger partial charge on any atom is -0.383 e.